The normalized spacial score (nSPS) is 20.3. The molecule has 10 heteroatoms. The lowest BCUT2D eigenvalue weighted by atomic mass is 10.0. The molecule has 0 radical (unpaired) electrons. The van der Waals surface area contributed by atoms with E-state index < -0.39 is 0 Å². The number of nitrogens with zero attached hydrogens (tertiary/aromatic N) is 4. The molecular weight excluding hydrogens is 350 g/mol. The van der Waals surface area contributed by atoms with Crippen molar-refractivity contribution in [3.63, 3.8) is 0 Å². The fraction of sp³-hybridized carbons (Fsp3) is 0.588. The van der Waals surface area contributed by atoms with Crippen LogP contribution in [0.25, 0.3) is 0 Å². The molecule has 3 rings (SSSR count). The fourth-order valence-corrected chi connectivity index (χ4v) is 3.15. The van der Waals surface area contributed by atoms with E-state index >= 15 is 0 Å². The number of aromatic amines is 1. The molecule has 1 saturated carbocycles. The number of hydrogen-bond donors (Lipinski definition) is 3. The highest BCUT2D eigenvalue weighted by Gasteiger charge is 2.29. The van der Waals surface area contributed by atoms with E-state index in [1.54, 1.807) is 7.05 Å². The lowest BCUT2D eigenvalue weighted by Crippen LogP contribution is -2.35. The van der Waals surface area contributed by atoms with Crippen molar-refractivity contribution in [2.75, 3.05) is 5.32 Å². The molecule has 3 atom stereocenters. The lowest BCUT2D eigenvalue weighted by Gasteiger charge is -2.16. The van der Waals surface area contributed by atoms with Gasteiger partial charge in [0.25, 0.3) is 5.91 Å². The topological polar surface area (TPSA) is 127 Å². The summed E-state index contributed by atoms with van der Waals surface area (Å²) in [7, 11) is 1.65. The molecule has 146 valence electrons. The molecule has 0 spiro atoms. The largest absolute Gasteiger partial charge is 0.447 e. The monoisotopic (exact) mass is 375 g/mol. The van der Waals surface area contributed by atoms with Crippen LogP contribution in [0.1, 0.15) is 61.6 Å². The number of alkyl carbamates (subject to hydrolysis) is 1. The summed E-state index contributed by atoms with van der Waals surface area (Å²) >= 11 is 0. The maximum atomic E-state index is 12.2. The van der Waals surface area contributed by atoms with Gasteiger partial charge in [0.05, 0.1) is 6.20 Å². The molecule has 1 aliphatic carbocycles. The Morgan fingerprint density at radius 3 is 2.96 bits per heavy atom. The minimum absolute atomic E-state index is 0.0772. The van der Waals surface area contributed by atoms with Crippen LogP contribution in [0.5, 0.6) is 0 Å². The van der Waals surface area contributed by atoms with Crippen molar-refractivity contribution < 1.29 is 14.3 Å². The number of nitrogens with one attached hydrogen (secondary N) is 3. The Morgan fingerprint density at radius 2 is 2.26 bits per heavy atom. The standard InChI is InChI=1S/C17H25N7O3/c1-4-10(2)27-17(26)19-12-6-5-11(7-12)13-8-15(22-21-13)20-16(25)14-9-18-23-24(14)3/h8-12H,4-7H2,1-3H3,(H,19,26)(H2,20,21,22,25). The zero-order chi connectivity index (χ0) is 19.4. The average Bonchev–Trinajstić information content (AvgIpc) is 3.35. The molecule has 3 N–H and O–H groups in total. The second-order valence-electron chi connectivity index (χ2n) is 6.88. The predicted octanol–water partition coefficient (Wildman–Crippen LogP) is 1.95. The highest BCUT2D eigenvalue weighted by Crippen LogP contribution is 2.34. The van der Waals surface area contributed by atoms with Gasteiger partial charge in [-0.2, -0.15) is 5.10 Å². The van der Waals surface area contributed by atoms with Gasteiger partial charge in [-0.15, -0.1) is 5.10 Å². The number of H-pyrrole nitrogens is 1. The number of carbonyl (C=O) groups excluding carboxylic acids is 2. The second kappa shape index (κ2) is 8.19. The van der Waals surface area contributed by atoms with Gasteiger partial charge in [0, 0.05) is 30.8 Å². The third-order valence-electron chi connectivity index (χ3n) is 4.86. The molecule has 27 heavy (non-hydrogen) atoms. The second-order valence-corrected chi connectivity index (χ2v) is 6.88. The van der Waals surface area contributed by atoms with E-state index in [4.69, 9.17) is 4.74 Å². The van der Waals surface area contributed by atoms with Crippen molar-refractivity contribution in [2.24, 2.45) is 7.05 Å². The molecule has 3 unspecified atom stereocenters. The van der Waals surface area contributed by atoms with Crippen molar-refractivity contribution in [1.82, 2.24) is 30.5 Å². The number of aryl methyl sites for hydroxylation is 1. The first-order valence-corrected chi connectivity index (χ1v) is 9.14. The smallest absolute Gasteiger partial charge is 0.407 e. The number of aromatic nitrogens is 5. The molecule has 1 fully saturated rings. The fourth-order valence-electron chi connectivity index (χ4n) is 3.15. The molecule has 0 aliphatic heterocycles. The van der Waals surface area contributed by atoms with Crippen LogP contribution in [0.4, 0.5) is 10.6 Å². The Balaban J connectivity index is 1.52. The highest BCUT2D eigenvalue weighted by molar-refractivity contribution is 6.02. The van der Waals surface area contributed by atoms with Crippen LogP contribution in [0.15, 0.2) is 12.3 Å². The van der Waals surface area contributed by atoms with E-state index in [9.17, 15) is 9.59 Å². The zero-order valence-electron chi connectivity index (χ0n) is 15.7. The van der Waals surface area contributed by atoms with E-state index in [0.717, 1.165) is 31.4 Å². The van der Waals surface area contributed by atoms with Crippen LogP contribution in [-0.4, -0.2) is 49.3 Å². The number of rotatable bonds is 6. The van der Waals surface area contributed by atoms with Crippen molar-refractivity contribution in [2.45, 2.75) is 57.6 Å². The minimum atomic E-state index is -0.364. The molecular formula is C17H25N7O3. The number of carbonyl (C=O) groups is 2. The third kappa shape index (κ3) is 4.63. The lowest BCUT2D eigenvalue weighted by molar-refractivity contribution is 0.101. The maximum absolute atomic E-state index is 12.2. The summed E-state index contributed by atoms with van der Waals surface area (Å²) < 4.78 is 6.66. The Kier molecular flexibility index (Phi) is 5.72. The SMILES string of the molecule is CCC(C)OC(=O)NC1CCC(c2cc(NC(=O)c3cnnn3C)n[nH]2)C1. The molecule has 2 aromatic rings. The van der Waals surface area contributed by atoms with Gasteiger partial charge >= 0.3 is 6.09 Å². The van der Waals surface area contributed by atoms with E-state index in [2.05, 4.69) is 31.1 Å². The van der Waals surface area contributed by atoms with Crippen LogP contribution in [0.2, 0.25) is 0 Å². The Bertz CT molecular complexity index is 800. The minimum Gasteiger partial charge on any atom is -0.447 e. The molecule has 1 aliphatic rings. The van der Waals surface area contributed by atoms with Crippen LogP contribution < -0.4 is 10.6 Å². The van der Waals surface area contributed by atoms with Crippen molar-refractivity contribution in [3.8, 4) is 0 Å². The number of amides is 2. The van der Waals surface area contributed by atoms with Gasteiger partial charge in [-0.3, -0.25) is 9.89 Å². The van der Waals surface area contributed by atoms with E-state index in [0.29, 0.717) is 11.5 Å². The molecule has 2 amide bonds. The average molecular weight is 375 g/mol. The van der Waals surface area contributed by atoms with Crippen LogP contribution in [-0.2, 0) is 11.8 Å². The Morgan fingerprint density at radius 1 is 1.44 bits per heavy atom. The highest BCUT2D eigenvalue weighted by atomic mass is 16.6. The zero-order valence-corrected chi connectivity index (χ0v) is 15.7. The summed E-state index contributed by atoms with van der Waals surface area (Å²) in [4.78, 5) is 24.0. The summed E-state index contributed by atoms with van der Waals surface area (Å²) in [6.07, 6.45) is 4.34. The summed E-state index contributed by atoms with van der Waals surface area (Å²) in [6.45, 7) is 3.85. The van der Waals surface area contributed by atoms with Crippen molar-refractivity contribution in [1.29, 1.82) is 0 Å². The van der Waals surface area contributed by atoms with Gasteiger partial charge in [-0.25, -0.2) is 9.48 Å². The molecule has 10 nitrogen and oxygen atoms in total. The predicted molar refractivity (Wildman–Crippen MR) is 97.3 cm³/mol. The van der Waals surface area contributed by atoms with Crippen molar-refractivity contribution >= 4 is 17.8 Å². The summed E-state index contributed by atoms with van der Waals surface area (Å²) in [5, 5.41) is 20.2. The maximum Gasteiger partial charge on any atom is 0.407 e. The van der Waals surface area contributed by atoms with Gasteiger partial charge in [0.15, 0.2) is 5.82 Å². The van der Waals surface area contributed by atoms with E-state index in [-0.39, 0.29) is 30.1 Å². The third-order valence-corrected chi connectivity index (χ3v) is 4.86. The van der Waals surface area contributed by atoms with Gasteiger partial charge in [-0.1, -0.05) is 12.1 Å². The molecule has 0 bridgehead atoms. The van der Waals surface area contributed by atoms with Gasteiger partial charge in [0.1, 0.15) is 11.8 Å². The molecule has 0 aromatic carbocycles. The number of ether oxygens (including phenoxy) is 1. The summed E-state index contributed by atoms with van der Waals surface area (Å²) in [6, 6.07) is 1.90. The molecule has 2 heterocycles. The van der Waals surface area contributed by atoms with Crippen LogP contribution in [0, 0.1) is 0 Å². The molecule has 2 aromatic heterocycles. The number of hydrogen-bond acceptors (Lipinski definition) is 6. The van der Waals surface area contributed by atoms with E-state index in [1.165, 1.54) is 10.9 Å². The summed E-state index contributed by atoms with van der Waals surface area (Å²) in [5.41, 5.74) is 1.29. The Labute approximate surface area is 157 Å². The first-order valence-electron chi connectivity index (χ1n) is 9.14. The Hall–Kier alpha value is -2.91. The summed E-state index contributed by atoms with van der Waals surface area (Å²) in [5.74, 6) is 0.374. The van der Waals surface area contributed by atoms with E-state index in [1.807, 2.05) is 19.9 Å². The first kappa shape index (κ1) is 18.9. The number of anilines is 1. The molecule has 0 saturated heterocycles. The van der Waals surface area contributed by atoms with Crippen LogP contribution >= 0.6 is 0 Å². The quantitative estimate of drug-likeness (QED) is 0.708. The van der Waals surface area contributed by atoms with Gasteiger partial charge in [-0.05, 0) is 32.6 Å². The van der Waals surface area contributed by atoms with Gasteiger partial charge in [0.2, 0.25) is 0 Å². The van der Waals surface area contributed by atoms with Crippen LogP contribution in [0.3, 0.4) is 0 Å². The van der Waals surface area contributed by atoms with Gasteiger partial charge < -0.3 is 15.4 Å². The van der Waals surface area contributed by atoms with Crippen molar-refractivity contribution in [3.05, 3.63) is 23.7 Å². The first-order chi connectivity index (χ1) is 13.0.